The Morgan fingerprint density at radius 1 is 1.56 bits per heavy atom. The summed E-state index contributed by atoms with van der Waals surface area (Å²) in [6, 6.07) is 5.26. The van der Waals surface area contributed by atoms with Gasteiger partial charge in [0.05, 0.1) is 9.95 Å². The fourth-order valence-corrected chi connectivity index (χ4v) is 2.55. The van der Waals surface area contributed by atoms with Crippen LogP contribution in [-0.2, 0) is 6.42 Å². The van der Waals surface area contributed by atoms with Gasteiger partial charge in [-0.1, -0.05) is 17.7 Å². The second-order valence-electron chi connectivity index (χ2n) is 4.80. The maximum Gasteiger partial charge on any atom is 0.270 e. The number of halogens is 1. The van der Waals surface area contributed by atoms with Crippen molar-refractivity contribution in [3.63, 3.8) is 0 Å². The van der Waals surface area contributed by atoms with Gasteiger partial charge in [0, 0.05) is 18.2 Å². The van der Waals surface area contributed by atoms with E-state index in [1.165, 1.54) is 25.0 Å². The minimum Gasteiger partial charge on any atom is -0.317 e. The Kier molecular flexibility index (Phi) is 4.19. The van der Waals surface area contributed by atoms with Crippen molar-refractivity contribution in [2.24, 2.45) is 5.92 Å². The van der Waals surface area contributed by atoms with E-state index in [-0.39, 0.29) is 5.69 Å². The third-order valence-electron chi connectivity index (χ3n) is 3.53. The fraction of sp³-hybridized carbons (Fsp3) is 0.538. The highest BCUT2D eigenvalue weighted by Crippen LogP contribution is 2.34. The number of nitro benzene ring substituents is 1. The molecular formula is C13H17ClN2O2. The summed E-state index contributed by atoms with van der Waals surface area (Å²) in [5.41, 5.74) is 1.04. The summed E-state index contributed by atoms with van der Waals surface area (Å²) >= 11 is 6.07. The van der Waals surface area contributed by atoms with E-state index in [9.17, 15) is 10.1 Å². The minimum absolute atomic E-state index is 0.0520. The molecule has 1 unspecified atom stereocenters. The van der Waals surface area contributed by atoms with Gasteiger partial charge in [0.2, 0.25) is 0 Å². The number of hydrogen-bond acceptors (Lipinski definition) is 3. The molecule has 0 heterocycles. The van der Waals surface area contributed by atoms with Gasteiger partial charge in [0.1, 0.15) is 0 Å². The molecule has 98 valence electrons. The Labute approximate surface area is 111 Å². The summed E-state index contributed by atoms with van der Waals surface area (Å²) in [5, 5.41) is 14.4. The first kappa shape index (κ1) is 13.3. The topological polar surface area (TPSA) is 55.2 Å². The van der Waals surface area contributed by atoms with Crippen LogP contribution in [0.25, 0.3) is 0 Å². The minimum atomic E-state index is -0.420. The second-order valence-corrected chi connectivity index (χ2v) is 5.21. The Balaban J connectivity index is 1.98. The molecule has 1 fully saturated rings. The number of nitro groups is 1. The van der Waals surface area contributed by atoms with Crippen LogP contribution in [-0.4, -0.2) is 18.0 Å². The highest BCUT2D eigenvalue weighted by Gasteiger charge is 2.29. The van der Waals surface area contributed by atoms with Crippen molar-refractivity contribution in [1.82, 2.24) is 5.32 Å². The molecule has 4 nitrogen and oxygen atoms in total. The van der Waals surface area contributed by atoms with Crippen LogP contribution in [0.15, 0.2) is 18.2 Å². The van der Waals surface area contributed by atoms with E-state index >= 15 is 0 Å². The predicted molar refractivity (Wildman–Crippen MR) is 72.0 cm³/mol. The van der Waals surface area contributed by atoms with E-state index in [0.717, 1.165) is 24.3 Å². The van der Waals surface area contributed by atoms with E-state index in [4.69, 9.17) is 11.6 Å². The van der Waals surface area contributed by atoms with Crippen LogP contribution in [0.4, 0.5) is 5.69 Å². The van der Waals surface area contributed by atoms with Crippen LogP contribution in [0.5, 0.6) is 0 Å². The van der Waals surface area contributed by atoms with Crippen LogP contribution in [0.1, 0.15) is 24.8 Å². The SMILES string of the molecule is CNC(CCc1ccc([N+](=O)[O-])cc1Cl)C1CC1. The first-order valence-electron chi connectivity index (χ1n) is 6.22. The number of benzene rings is 1. The largest absolute Gasteiger partial charge is 0.317 e. The molecule has 0 aliphatic heterocycles. The third kappa shape index (κ3) is 3.21. The maximum absolute atomic E-state index is 10.6. The third-order valence-corrected chi connectivity index (χ3v) is 3.89. The highest BCUT2D eigenvalue weighted by molar-refractivity contribution is 6.31. The fourth-order valence-electron chi connectivity index (χ4n) is 2.28. The molecule has 0 amide bonds. The molecule has 2 rings (SSSR count). The first-order chi connectivity index (χ1) is 8.61. The van der Waals surface area contributed by atoms with E-state index in [1.54, 1.807) is 6.07 Å². The lowest BCUT2D eigenvalue weighted by Crippen LogP contribution is -2.27. The van der Waals surface area contributed by atoms with Crippen molar-refractivity contribution < 1.29 is 4.92 Å². The molecule has 0 bridgehead atoms. The highest BCUT2D eigenvalue weighted by atomic mass is 35.5. The second kappa shape index (κ2) is 5.67. The van der Waals surface area contributed by atoms with E-state index in [0.29, 0.717) is 11.1 Å². The van der Waals surface area contributed by atoms with Gasteiger partial charge >= 0.3 is 0 Å². The molecule has 0 saturated heterocycles. The summed E-state index contributed by atoms with van der Waals surface area (Å²) in [5.74, 6) is 0.798. The summed E-state index contributed by atoms with van der Waals surface area (Å²) in [6.45, 7) is 0. The molecule has 1 aliphatic carbocycles. The van der Waals surface area contributed by atoms with Crippen molar-refractivity contribution in [2.45, 2.75) is 31.7 Å². The van der Waals surface area contributed by atoms with Crippen molar-refractivity contribution in [2.75, 3.05) is 7.05 Å². The van der Waals surface area contributed by atoms with Gasteiger partial charge in [-0.25, -0.2) is 0 Å². The Morgan fingerprint density at radius 3 is 2.78 bits per heavy atom. The number of hydrogen-bond donors (Lipinski definition) is 1. The van der Waals surface area contributed by atoms with E-state index < -0.39 is 4.92 Å². The molecule has 1 aromatic rings. The van der Waals surface area contributed by atoms with Gasteiger partial charge in [-0.05, 0) is 44.2 Å². The molecule has 1 N–H and O–H groups in total. The van der Waals surface area contributed by atoms with Gasteiger partial charge in [-0.3, -0.25) is 10.1 Å². The standard InChI is InChI=1S/C13H17ClN2O2/c1-15-13(10-2-3-10)7-5-9-4-6-11(16(17)18)8-12(9)14/h4,6,8,10,13,15H,2-3,5,7H2,1H3. The molecular weight excluding hydrogens is 252 g/mol. The molecule has 0 aromatic heterocycles. The summed E-state index contributed by atoms with van der Waals surface area (Å²) < 4.78 is 0. The molecule has 0 spiro atoms. The lowest BCUT2D eigenvalue weighted by atomic mass is 10.0. The summed E-state index contributed by atoms with van der Waals surface area (Å²) in [4.78, 5) is 10.2. The zero-order valence-electron chi connectivity index (χ0n) is 10.4. The van der Waals surface area contributed by atoms with E-state index in [1.807, 2.05) is 7.05 Å². The normalized spacial score (nSPS) is 16.6. The summed E-state index contributed by atoms with van der Waals surface area (Å²) in [6.07, 6.45) is 4.50. The lowest BCUT2D eigenvalue weighted by Gasteiger charge is -2.15. The summed E-state index contributed by atoms with van der Waals surface area (Å²) in [7, 11) is 1.99. The van der Waals surface area contributed by atoms with Gasteiger partial charge < -0.3 is 5.32 Å². The van der Waals surface area contributed by atoms with Crippen LogP contribution in [0, 0.1) is 16.0 Å². The Bertz CT molecular complexity index is 447. The van der Waals surface area contributed by atoms with Crippen LogP contribution in [0.3, 0.4) is 0 Å². The Morgan fingerprint density at radius 2 is 2.28 bits per heavy atom. The van der Waals surface area contributed by atoms with Crippen molar-refractivity contribution in [3.8, 4) is 0 Å². The smallest absolute Gasteiger partial charge is 0.270 e. The quantitative estimate of drug-likeness (QED) is 0.637. The Hall–Kier alpha value is -1.13. The van der Waals surface area contributed by atoms with Crippen molar-refractivity contribution >= 4 is 17.3 Å². The van der Waals surface area contributed by atoms with Crippen LogP contribution < -0.4 is 5.32 Å². The maximum atomic E-state index is 10.6. The molecule has 1 aliphatic rings. The van der Waals surface area contributed by atoms with Gasteiger partial charge in [0.25, 0.3) is 5.69 Å². The average Bonchev–Trinajstić information content (AvgIpc) is 3.16. The first-order valence-corrected chi connectivity index (χ1v) is 6.59. The zero-order chi connectivity index (χ0) is 13.1. The molecule has 5 heteroatoms. The number of non-ortho nitro benzene ring substituents is 1. The van der Waals surface area contributed by atoms with Crippen LogP contribution >= 0.6 is 11.6 Å². The number of nitrogens with zero attached hydrogens (tertiary/aromatic N) is 1. The molecule has 18 heavy (non-hydrogen) atoms. The molecule has 1 aromatic carbocycles. The monoisotopic (exact) mass is 268 g/mol. The van der Waals surface area contributed by atoms with Crippen LogP contribution in [0.2, 0.25) is 5.02 Å². The number of aryl methyl sites for hydroxylation is 1. The predicted octanol–water partition coefficient (Wildman–Crippen LogP) is 3.18. The van der Waals surface area contributed by atoms with Gasteiger partial charge in [-0.15, -0.1) is 0 Å². The molecule has 1 saturated carbocycles. The van der Waals surface area contributed by atoms with Crippen molar-refractivity contribution in [1.29, 1.82) is 0 Å². The van der Waals surface area contributed by atoms with E-state index in [2.05, 4.69) is 5.32 Å². The van der Waals surface area contributed by atoms with Gasteiger partial charge in [-0.2, -0.15) is 0 Å². The number of rotatable bonds is 6. The zero-order valence-corrected chi connectivity index (χ0v) is 11.1. The number of nitrogens with one attached hydrogen (secondary N) is 1. The lowest BCUT2D eigenvalue weighted by molar-refractivity contribution is -0.384. The van der Waals surface area contributed by atoms with Crippen molar-refractivity contribution in [3.05, 3.63) is 38.9 Å². The average molecular weight is 269 g/mol. The van der Waals surface area contributed by atoms with Gasteiger partial charge in [0.15, 0.2) is 0 Å². The molecule has 1 atom stereocenters. The molecule has 0 radical (unpaired) electrons.